The van der Waals surface area contributed by atoms with Gasteiger partial charge >= 0.3 is 0 Å². The fraction of sp³-hybridized carbons (Fsp3) is 0.364. The van der Waals surface area contributed by atoms with Crippen LogP contribution in [-0.4, -0.2) is 63.5 Å². The number of amides is 1. The quantitative estimate of drug-likeness (QED) is 0.531. The number of sulfonamides is 2. The first-order valence-corrected chi connectivity index (χ1v) is 14.4. The number of benzene rings is 2. The summed E-state index contributed by atoms with van der Waals surface area (Å²) in [5.74, 6) is -0.114. The highest BCUT2D eigenvalue weighted by molar-refractivity contribution is 7.89. The van der Waals surface area contributed by atoms with E-state index in [0.717, 1.165) is 28.5 Å². The number of anilines is 1. The van der Waals surface area contributed by atoms with Crippen LogP contribution >= 0.6 is 11.3 Å². The van der Waals surface area contributed by atoms with Crippen molar-refractivity contribution >= 4 is 52.6 Å². The molecular formula is C22H26N4O5S3. The van der Waals surface area contributed by atoms with Gasteiger partial charge in [-0.05, 0) is 61.2 Å². The molecule has 1 N–H and O–H groups in total. The van der Waals surface area contributed by atoms with Gasteiger partial charge in [-0.15, -0.1) is 0 Å². The van der Waals surface area contributed by atoms with E-state index in [9.17, 15) is 21.6 Å². The third kappa shape index (κ3) is 4.86. The SMILES string of the molecule is CC1CCCN(S(=O)(=O)c2ccc(C(=O)Nc3nc4ccc(S(=O)(=O)N(C)C)cc4s3)cc2)C1. The van der Waals surface area contributed by atoms with Gasteiger partial charge in [-0.25, -0.2) is 26.1 Å². The van der Waals surface area contributed by atoms with Gasteiger partial charge in [0.1, 0.15) is 0 Å². The smallest absolute Gasteiger partial charge is 0.257 e. The Morgan fingerprint density at radius 2 is 1.76 bits per heavy atom. The van der Waals surface area contributed by atoms with Gasteiger partial charge in [0.2, 0.25) is 20.0 Å². The minimum absolute atomic E-state index is 0.145. The zero-order valence-electron chi connectivity index (χ0n) is 19.1. The molecule has 1 atom stereocenters. The monoisotopic (exact) mass is 522 g/mol. The molecule has 0 radical (unpaired) electrons. The van der Waals surface area contributed by atoms with E-state index in [-0.39, 0.29) is 9.79 Å². The lowest BCUT2D eigenvalue weighted by molar-refractivity contribution is 0.102. The highest BCUT2D eigenvalue weighted by atomic mass is 32.2. The minimum atomic E-state index is -3.60. The third-order valence-electron chi connectivity index (χ3n) is 5.73. The first-order chi connectivity index (χ1) is 16.0. The summed E-state index contributed by atoms with van der Waals surface area (Å²) in [5, 5.41) is 3.02. The van der Waals surface area contributed by atoms with E-state index < -0.39 is 26.0 Å². The molecule has 1 aromatic heterocycles. The van der Waals surface area contributed by atoms with Crippen LogP contribution in [0.25, 0.3) is 10.2 Å². The predicted octanol–water partition coefficient (Wildman–Crippen LogP) is 3.22. The molecule has 0 saturated carbocycles. The summed E-state index contributed by atoms with van der Waals surface area (Å²) in [6.07, 6.45) is 1.86. The van der Waals surface area contributed by atoms with Crippen LogP contribution in [0.5, 0.6) is 0 Å². The van der Waals surface area contributed by atoms with Crippen molar-refractivity contribution in [2.45, 2.75) is 29.6 Å². The highest BCUT2D eigenvalue weighted by Gasteiger charge is 2.28. The maximum Gasteiger partial charge on any atom is 0.257 e. The van der Waals surface area contributed by atoms with Gasteiger partial charge in [0.15, 0.2) is 5.13 Å². The Hall–Kier alpha value is -2.38. The maximum atomic E-state index is 12.9. The van der Waals surface area contributed by atoms with Crippen molar-refractivity contribution in [3.05, 3.63) is 48.0 Å². The normalized spacial score (nSPS) is 17.8. The van der Waals surface area contributed by atoms with Crippen LogP contribution in [0, 0.1) is 5.92 Å². The number of rotatable bonds is 6. The number of piperidine rings is 1. The predicted molar refractivity (Wildman–Crippen MR) is 132 cm³/mol. The molecule has 2 aromatic carbocycles. The van der Waals surface area contributed by atoms with Crippen molar-refractivity contribution in [3.63, 3.8) is 0 Å². The summed E-state index contributed by atoms with van der Waals surface area (Å²) in [6.45, 7) is 3.04. The molecule has 1 amide bonds. The maximum absolute atomic E-state index is 12.9. The zero-order valence-corrected chi connectivity index (χ0v) is 21.5. The summed E-state index contributed by atoms with van der Waals surface area (Å²) in [7, 11) is -4.26. The van der Waals surface area contributed by atoms with Crippen LogP contribution in [0.4, 0.5) is 5.13 Å². The molecule has 1 unspecified atom stereocenters. The molecule has 34 heavy (non-hydrogen) atoms. The number of hydrogen-bond donors (Lipinski definition) is 1. The van der Waals surface area contributed by atoms with E-state index in [1.165, 1.54) is 54.8 Å². The van der Waals surface area contributed by atoms with Gasteiger partial charge in [0, 0.05) is 32.7 Å². The van der Waals surface area contributed by atoms with Gasteiger partial charge in [-0.1, -0.05) is 18.3 Å². The van der Waals surface area contributed by atoms with E-state index in [1.54, 1.807) is 6.07 Å². The van der Waals surface area contributed by atoms with Gasteiger partial charge in [0.05, 0.1) is 20.0 Å². The molecule has 3 aromatic rings. The lowest BCUT2D eigenvalue weighted by Gasteiger charge is -2.30. The molecule has 1 aliphatic rings. The summed E-state index contributed by atoms with van der Waals surface area (Å²) in [5.41, 5.74) is 0.858. The molecule has 1 fully saturated rings. The topological polar surface area (TPSA) is 117 Å². The van der Waals surface area contributed by atoms with Crippen molar-refractivity contribution in [2.75, 3.05) is 32.5 Å². The van der Waals surface area contributed by atoms with Crippen molar-refractivity contribution in [2.24, 2.45) is 5.92 Å². The van der Waals surface area contributed by atoms with Crippen LogP contribution in [0.2, 0.25) is 0 Å². The lowest BCUT2D eigenvalue weighted by atomic mass is 10.0. The minimum Gasteiger partial charge on any atom is -0.298 e. The Bertz CT molecular complexity index is 1430. The average Bonchev–Trinajstić information content (AvgIpc) is 3.20. The van der Waals surface area contributed by atoms with Gasteiger partial charge < -0.3 is 0 Å². The van der Waals surface area contributed by atoms with Crippen LogP contribution in [0.3, 0.4) is 0 Å². The largest absolute Gasteiger partial charge is 0.298 e. The molecule has 0 spiro atoms. The number of hydrogen-bond acceptors (Lipinski definition) is 7. The number of aromatic nitrogens is 1. The van der Waals surface area contributed by atoms with E-state index in [0.29, 0.717) is 39.9 Å². The molecule has 0 bridgehead atoms. The van der Waals surface area contributed by atoms with Crippen LogP contribution in [0.1, 0.15) is 30.1 Å². The number of carbonyl (C=O) groups excluding carboxylic acids is 1. The molecule has 9 nitrogen and oxygen atoms in total. The fourth-order valence-electron chi connectivity index (χ4n) is 3.79. The second-order valence-electron chi connectivity index (χ2n) is 8.52. The Kier molecular flexibility index (Phi) is 6.80. The molecular weight excluding hydrogens is 496 g/mol. The molecule has 4 rings (SSSR count). The molecule has 1 aliphatic heterocycles. The second kappa shape index (κ2) is 9.34. The zero-order chi connectivity index (χ0) is 24.7. The van der Waals surface area contributed by atoms with Crippen molar-refractivity contribution in [3.8, 4) is 0 Å². The molecule has 2 heterocycles. The summed E-state index contributed by atoms with van der Waals surface area (Å²) >= 11 is 1.16. The molecule has 1 saturated heterocycles. The van der Waals surface area contributed by atoms with Gasteiger partial charge in [0.25, 0.3) is 5.91 Å². The number of thiazole rings is 1. The molecule has 12 heteroatoms. The van der Waals surface area contributed by atoms with Crippen LogP contribution in [0.15, 0.2) is 52.3 Å². The van der Waals surface area contributed by atoms with Crippen molar-refractivity contribution < 1.29 is 21.6 Å². The molecule has 182 valence electrons. The fourth-order valence-corrected chi connectivity index (χ4v) is 7.29. The van der Waals surface area contributed by atoms with Gasteiger partial charge in [-0.3, -0.25) is 10.1 Å². The van der Waals surface area contributed by atoms with E-state index in [1.807, 2.05) is 6.92 Å². The number of nitrogens with zero attached hydrogens (tertiary/aromatic N) is 3. The Morgan fingerprint density at radius 3 is 2.41 bits per heavy atom. The number of fused-ring (bicyclic) bond motifs is 1. The second-order valence-corrected chi connectivity index (χ2v) is 13.6. The third-order valence-corrected chi connectivity index (χ3v) is 10.4. The highest BCUT2D eigenvalue weighted by Crippen LogP contribution is 2.29. The molecule has 0 aliphatic carbocycles. The number of nitrogens with one attached hydrogen (secondary N) is 1. The lowest BCUT2D eigenvalue weighted by Crippen LogP contribution is -2.39. The average molecular weight is 523 g/mol. The Labute approximate surface area is 203 Å². The van der Waals surface area contributed by atoms with Crippen molar-refractivity contribution in [1.29, 1.82) is 0 Å². The van der Waals surface area contributed by atoms with E-state index in [2.05, 4.69) is 10.3 Å². The van der Waals surface area contributed by atoms with E-state index >= 15 is 0 Å². The summed E-state index contributed by atoms with van der Waals surface area (Å²) in [6, 6.07) is 10.4. The first kappa shape index (κ1) is 24.7. The van der Waals surface area contributed by atoms with Crippen LogP contribution in [-0.2, 0) is 20.0 Å². The summed E-state index contributed by atoms with van der Waals surface area (Å²) in [4.78, 5) is 17.4. The van der Waals surface area contributed by atoms with Gasteiger partial charge in [-0.2, -0.15) is 4.31 Å². The first-order valence-electron chi connectivity index (χ1n) is 10.7. The van der Waals surface area contributed by atoms with Crippen molar-refractivity contribution in [1.82, 2.24) is 13.6 Å². The summed E-state index contributed by atoms with van der Waals surface area (Å²) < 4.78 is 53.8. The number of carbonyl (C=O) groups is 1. The van der Waals surface area contributed by atoms with Crippen LogP contribution < -0.4 is 5.32 Å². The van der Waals surface area contributed by atoms with E-state index in [4.69, 9.17) is 0 Å². The standard InChI is InChI=1S/C22H26N4O5S3/c1-15-5-4-12-26(14-15)34(30,31)17-8-6-16(7-9-17)21(27)24-22-23-19-11-10-18(13-20(19)32-22)33(28,29)25(2)3/h6-11,13,15H,4-5,12,14H2,1-3H3,(H,23,24,27). The Balaban J connectivity index is 1.50. The Morgan fingerprint density at radius 1 is 1.09 bits per heavy atom.